The molecule has 8 heteroatoms. The highest BCUT2D eigenvalue weighted by molar-refractivity contribution is 7.91. The van der Waals surface area contributed by atoms with E-state index in [1.54, 1.807) is 18.2 Å². The molecule has 2 heterocycles. The predicted octanol–water partition coefficient (Wildman–Crippen LogP) is 3.11. The highest BCUT2D eigenvalue weighted by Crippen LogP contribution is 2.22. The third-order valence-electron chi connectivity index (χ3n) is 4.87. The van der Waals surface area contributed by atoms with Crippen molar-refractivity contribution >= 4 is 27.2 Å². The fraction of sp³-hybridized carbons (Fsp3) is 0.227. The van der Waals surface area contributed by atoms with Crippen LogP contribution in [0.25, 0.3) is 11.3 Å². The van der Waals surface area contributed by atoms with Gasteiger partial charge in [0, 0.05) is 28.9 Å². The first-order valence-electron chi connectivity index (χ1n) is 9.67. The van der Waals surface area contributed by atoms with Crippen molar-refractivity contribution in [3.8, 4) is 11.3 Å². The fourth-order valence-electron chi connectivity index (χ4n) is 3.45. The average Bonchev–Trinajstić information content (AvgIpc) is 3.06. The van der Waals surface area contributed by atoms with Crippen molar-refractivity contribution in [2.45, 2.75) is 19.4 Å². The molecule has 1 atom stereocenters. The third kappa shape index (κ3) is 4.83. The number of carbonyl (C=O) groups is 1. The zero-order valence-electron chi connectivity index (χ0n) is 16.5. The van der Waals surface area contributed by atoms with Gasteiger partial charge >= 0.3 is 0 Å². The number of benzene rings is 2. The predicted molar refractivity (Wildman–Crippen MR) is 116 cm³/mol. The van der Waals surface area contributed by atoms with E-state index < -0.39 is 9.84 Å². The van der Waals surface area contributed by atoms with E-state index in [2.05, 4.69) is 20.6 Å². The molecule has 30 heavy (non-hydrogen) atoms. The van der Waals surface area contributed by atoms with Gasteiger partial charge < -0.3 is 10.6 Å². The number of nitrogens with zero attached hydrogens (tertiary/aromatic N) is 2. The summed E-state index contributed by atoms with van der Waals surface area (Å²) in [6.07, 6.45) is 0.453. The molecule has 1 amide bonds. The van der Waals surface area contributed by atoms with Crippen LogP contribution in [0.15, 0.2) is 60.7 Å². The lowest BCUT2D eigenvalue weighted by Crippen LogP contribution is -2.35. The maximum absolute atomic E-state index is 12.6. The average molecular weight is 423 g/mol. The van der Waals surface area contributed by atoms with Gasteiger partial charge in [0.15, 0.2) is 9.84 Å². The highest BCUT2D eigenvalue weighted by Gasteiger charge is 2.29. The monoisotopic (exact) mass is 422 g/mol. The quantitative estimate of drug-likeness (QED) is 0.655. The summed E-state index contributed by atoms with van der Waals surface area (Å²) >= 11 is 0. The van der Waals surface area contributed by atoms with E-state index in [-0.39, 0.29) is 23.5 Å². The van der Waals surface area contributed by atoms with Gasteiger partial charge in [-0.1, -0.05) is 36.4 Å². The first-order chi connectivity index (χ1) is 14.4. The maximum atomic E-state index is 12.6. The molecule has 0 radical (unpaired) electrons. The van der Waals surface area contributed by atoms with E-state index in [0.29, 0.717) is 29.3 Å². The Labute approximate surface area is 175 Å². The number of hydrogen-bond acceptors (Lipinski definition) is 6. The molecule has 154 valence electrons. The fourth-order valence-corrected chi connectivity index (χ4v) is 5.13. The van der Waals surface area contributed by atoms with Gasteiger partial charge in [0.2, 0.25) is 0 Å². The Bertz CT molecular complexity index is 1180. The summed E-state index contributed by atoms with van der Waals surface area (Å²) in [4.78, 5) is 21.5. The SMILES string of the molecule is Cc1nc(Nc2cccc(C(=O)NC3CCS(=O)(=O)C3)c2)cc(-c2ccccc2)n1. The van der Waals surface area contributed by atoms with E-state index in [0.717, 1.165) is 11.3 Å². The largest absolute Gasteiger partial charge is 0.348 e. The number of aryl methyl sites for hydroxylation is 1. The second kappa shape index (κ2) is 8.23. The van der Waals surface area contributed by atoms with Crippen molar-refractivity contribution in [2.75, 3.05) is 16.8 Å². The van der Waals surface area contributed by atoms with Gasteiger partial charge in [-0.05, 0) is 31.5 Å². The van der Waals surface area contributed by atoms with Gasteiger partial charge in [0.1, 0.15) is 11.6 Å². The molecular formula is C22H22N4O3S. The molecule has 1 aliphatic heterocycles. The Morgan fingerprint density at radius 2 is 1.83 bits per heavy atom. The van der Waals surface area contributed by atoms with Gasteiger partial charge in [-0.3, -0.25) is 4.79 Å². The van der Waals surface area contributed by atoms with Gasteiger partial charge in [-0.2, -0.15) is 0 Å². The summed E-state index contributed by atoms with van der Waals surface area (Å²) in [5.41, 5.74) is 2.96. The zero-order chi connectivity index (χ0) is 21.1. The van der Waals surface area contributed by atoms with Crippen molar-refractivity contribution in [2.24, 2.45) is 0 Å². The summed E-state index contributed by atoms with van der Waals surface area (Å²) in [5.74, 6) is 1.09. The number of aromatic nitrogens is 2. The maximum Gasteiger partial charge on any atom is 0.251 e. The number of nitrogens with one attached hydrogen (secondary N) is 2. The number of sulfone groups is 1. The van der Waals surface area contributed by atoms with Crippen molar-refractivity contribution < 1.29 is 13.2 Å². The van der Waals surface area contributed by atoms with E-state index in [1.807, 2.05) is 49.4 Å². The molecule has 0 spiro atoms. The van der Waals surface area contributed by atoms with Crippen LogP contribution in [0.2, 0.25) is 0 Å². The Morgan fingerprint density at radius 3 is 2.57 bits per heavy atom. The van der Waals surface area contributed by atoms with Crippen LogP contribution < -0.4 is 10.6 Å². The first kappa shape index (κ1) is 20.0. The summed E-state index contributed by atoms with van der Waals surface area (Å²) < 4.78 is 23.2. The Hall–Kier alpha value is -3.26. The van der Waals surface area contributed by atoms with Crippen LogP contribution in [0.4, 0.5) is 11.5 Å². The number of hydrogen-bond donors (Lipinski definition) is 2. The number of rotatable bonds is 5. The second-order valence-electron chi connectivity index (χ2n) is 7.33. The molecule has 2 N–H and O–H groups in total. The lowest BCUT2D eigenvalue weighted by atomic mass is 10.1. The lowest BCUT2D eigenvalue weighted by Gasteiger charge is -2.13. The second-order valence-corrected chi connectivity index (χ2v) is 9.56. The summed E-state index contributed by atoms with van der Waals surface area (Å²) in [6, 6.07) is 18.4. The van der Waals surface area contributed by atoms with Crippen LogP contribution in [0.1, 0.15) is 22.6 Å². The van der Waals surface area contributed by atoms with E-state index >= 15 is 0 Å². The Balaban J connectivity index is 1.51. The molecule has 7 nitrogen and oxygen atoms in total. The minimum Gasteiger partial charge on any atom is -0.348 e. The van der Waals surface area contributed by atoms with E-state index in [9.17, 15) is 13.2 Å². The van der Waals surface area contributed by atoms with Crippen molar-refractivity contribution in [3.63, 3.8) is 0 Å². The molecule has 4 rings (SSSR count). The number of anilines is 2. The molecule has 1 unspecified atom stereocenters. The standard InChI is InChI=1S/C22H22N4O3S/c1-15-23-20(16-6-3-2-4-7-16)13-21(24-15)25-18-9-5-8-17(12-18)22(27)26-19-10-11-30(28,29)14-19/h2-9,12-13,19H,10-11,14H2,1H3,(H,26,27)(H,23,24,25). The first-order valence-corrected chi connectivity index (χ1v) is 11.5. The third-order valence-corrected chi connectivity index (χ3v) is 6.64. The molecule has 1 saturated heterocycles. The van der Waals surface area contributed by atoms with Crippen LogP contribution in [-0.4, -0.2) is 41.8 Å². The minimum absolute atomic E-state index is 0.000838. The van der Waals surface area contributed by atoms with Gasteiger partial charge in [0.05, 0.1) is 17.2 Å². The molecule has 0 aliphatic carbocycles. The van der Waals surface area contributed by atoms with Crippen LogP contribution in [0, 0.1) is 6.92 Å². The van der Waals surface area contributed by atoms with Crippen LogP contribution >= 0.6 is 0 Å². The molecule has 1 fully saturated rings. The van der Waals surface area contributed by atoms with Gasteiger partial charge in [-0.25, -0.2) is 18.4 Å². The van der Waals surface area contributed by atoms with Crippen LogP contribution in [-0.2, 0) is 9.84 Å². The molecular weight excluding hydrogens is 400 g/mol. The minimum atomic E-state index is -3.04. The van der Waals surface area contributed by atoms with E-state index in [4.69, 9.17) is 0 Å². The lowest BCUT2D eigenvalue weighted by molar-refractivity contribution is 0.0941. The number of amides is 1. The molecule has 2 aromatic carbocycles. The molecule has 0 saturated carbocycles. The van der Waals surface area contributed by atoms with Crippen molar-refractivity contribution in [1.82, 2.24) is 15.3 Å². The molecule has 0 bridgehead atoms. The number of carbonyl (C=O) groups excluding carboxylic acids is 1. The molecule has 1 aromatic heterocycles. The molecule has 1 aliphatic rings. The Morgan fingerprint density at radius 1 is 1.03 bits per heavy atom. The molecule has 3 aromatic rings. The zero-order valence-corrected chi connectivity index (χ0v) is 17.3. The van der Waals surface area contributed by atoms with Crippen molar-refractivity contribution in [1.29, 1.82) is 0 Å². The van der Waals surface area contributed by atoms with Gasteiger partial charge in [-0.15, -0.1) is 0 Å². The van der Waals surface area contributed by atoms with E-state index in [1.165, 1.54) is 0 Å². The van der Waals surface area contributed by atoms with Crippen LogP contribution in [0.3, 0.4) is 0 Å². The summed E-state index contributed by atoms with van der Waals surface area (Å²) in [5, 5.41) is 6.04. The smallest absolute Gasteiger partial charge is 0.251 e. The summed E-state index contributed by atoms with van der Waals surface area (Å²) in [7, 11) is -3.04. The summed E-state index contributed by atoms with van der Waals surface area (Å²) in [6.45, 7) is 1.83. The van der Waals surface area contributed by atoms with Crippen LogP contribution in [0.5, 0.6) is 0 Å². The highest BCUT2D eigenvalue weighted by atomic mass is 32.2. The topological polar surface area (TPSA) is 101 Å². The Kier molecular flexibility index (Phi) is 5.50. The normalized spacial score (nSPS) is 17.4. The van der Waals surface area contributed by atoms with Crippen molar-refractivity contribution in [3.05, 3.63) is 72.1 Å². The van der Waals surface area contributed by atoms with Gasteiger partial charge in [0.25, 0.3) is 5.91 Å².